The van der Waals surface area contributed by atoms with Crippen LogP contribution in [0.4, 0.5) is 8.78 Å². The summed E-state index contributed by atoms with van der Waals surface area (Å²) in [5.74, 6) is 1.49. The van der Waals surface area contributed by atoms with Crippen molar-refractivity contribution in [3.8, 4) is 28.5 Å². The van der Waals surface area contributed by atoms with Crippen LogP contribution in [0.1, 0.15) is 18.1 Å². The largest absolute Gasteiger partial charge is 0.454 e. The molecule has 5 rings (SSSR count). The third kappa shape index (κ3) is 5.46. The summed E-state index contributed by atoms with van der Waals surface area (Å²) >= 11 is 1.47. The second-order valence-electron chi connectivity index (χ2n) is 7.99. The first-order valence-corrected chi connectivity index (χ1v) is 12.2. The van der Waals surface area contributed by atoms with E-state index in [4.69, 9.17) is 19.6 Å². The van der Waals surface area contributed by atoms with E-state index in [0.717, 1.165) is 33.8 Å². The lowest BCUT2D eigenvalue weighted by atomic mass is 10.1. The molecular formula is C27H23F2N3O3S. The summed E-state index contributed by atoms with van der Waals surface area (Å²) in [6.07, 6.45) is 0.804. The SMILES string of the molecule is C/C(=N/n1c(-c2ccc(OC(F)F)cc2)csc1=NCCc1ccccc1)c1ccc2c(c1)OCO2. The lowest BCUT2D eigenvalue weighted by Crippen LogP contribution is -2.15. The normalized spacial score (nSPS) is 13.4. The van der Waals surface area contributed by atoms with Crippen LogP contribution in [-0.2, 0) is 6.42 Å². The zero-order valence-corrected chi connectivity index (χ0v) is 20.3. The van der Waals surface area contributed by atoms with E-state index in [0.29, 0.717) is 18.0 Å². The fraction of sp³-hybridized carbons (Fsp3) is 0.185. The monoisotopic (exact) mass is 507 g/mol. The van der Waals surface area contributed by atoms with Gasteiger partial charge >= 0.3 is 6.61 Å². The zero-order valence-electron chi connectivity index (χ0n) is 19.4. The van der Waals surface area contributed by atoms with Gasteiger partial charge in [-0.25, -0.2) is 4.68 Å². The van der Waals surface area contributed by atoms with Crippen molar-refractivity contribution in [2.24, 2.45) is 10.1 Å². The summed E-state index contributed by atoms with van der Waals surface area (Å²) in [7, 11) is 0. The molecule has 0 bridgehead atoms. The van der Waals surface area contributed by atoms with Gasteiger partial charge in [-0.15, -0.1) is 11.3 Å². The van der Waals surface area contributed by atoms with Crippen LogP contribution in [-0.4, -0.2) is 30.3 Å². The van der Waals surface area contributed by atoms with Crippen molar-refractivity contribution in [2.75, 3.05) is 13.3 Å². The number of hydrogen-bond acceptors (Lipinski definition) is 6. The highest BCUT2D eigenvalue weighted by molar-refractivity contribution is 7.07. The van der Waals surface area contributed by atoms with Gasteiger partial charge in [0.05, 0.1) is 11.4 Å². The van der Waals surface area contributed by atoms with Crippen molar-refractivity contribution in [1.82, 2.24) is 4.68 Å². The molecule has 0 saturated carbocycles. The number of hydrogen-bond donors (Lipinski definition) is 0. The van der Waals surface area contributed by atoms with Gasteiger partial charge in [-0.05, 0) is 61.4 Å². The molecule has 3 aromatic carbocycles. The predicted octanol–water partition coefficient (Wildman–Crippen LogP) is 5.96. The first-order valence-electron chi connectivity index (χ1n) is 11.3. The highest BCUT2D eigenvalue weighted by atomic mass is 32.1. The quantitative estimate of drug-likeness (QED) is 0.277. The molecule has 0 unspecified atom stereocenters. The van der Waals surface area contributed by atoms with Crippen molar-refractivity contribution in [3.63, 3.8) is 0 Å². The molecule has 0 amide bonds. The molecule has 0 spiro atoms. The highest BCUT2D eigenvalue weighted by Gasteiger charge is 2.15. The Kier molecular flexibility index (Phi) is 7.08. The summed E-state index contributed by atoms with van der Waals surface area (Å²) in [6, 6.07) is 22.4. The second kappa shape index (κ2) is 10.7. The Morgan fingerprint density at radius 3 is 2.58 bits per heavy atom. The number of ether oxygens (including phenoxy) is 3. The third-order valence-corrected chi connectivity index (χ3v) is 6.45. The van der Waals surface area contributed by atoms with Gasteiger partial charge in [0.1, 0.15) is 5.75 Å². The molecular weight excluding hydrogens is 484 g/mol. The average molecular weight is 508 g/mol. The number of fused-ring (bicyclic) bond motifs is 1. The number of alkyl halides is 2. The van der Waals surface area contributed by atoms with Crippen LogP contribution in [0.25, 0.3) is 11.3 Å². The maximum atomic E-state index is 12.6. The molecule has 4 aromatic rings. The van der Waals surface area contributed by atoms with E-state index in [9.17, 15) is 8.78 Å². The van der Waals surface area contributed by atoms with E-state index in [1.54, 1.807) is 16.8 Å². The summed E-state index contributed by atoms with van der Waals surface area (Å²) in [6.45, 7) is -0.150. The summed E-state index contributed by atoms with van der Waals surface area (Å²) in [5, 5.41) is 6.85. The predicted molar refractivity (Wildman–Crippen MR) is 135 cm³/mol. The Balaban J connectivity index is 1.50. The number of benzene rings is 3. The molecule has 0 N–H and O–H groups in total. The van der Waals surface area contributed by atoms with Crippen LogP contribution >= 0.6 is 11.3 Å². The maximum absolute atomic E-state index is 12.6. The second-order valence-corrected chi connectivity index (χ2v) is 8.83. The van der Waals surface area contributed by atoms with E-state index in [1.807, 2.05) is 48.7 Å². The van der Waals surface area contributed by atoms with Crippen molar-refractivity contribution >= 4 is 17.0 Å². The third-order valence-electron chi connectivity index (χ3n) is 5.59. The molecule has 0 aliphatic carbocycles. The highest BCUT2D eigenvalue weighted by Crippen LogP contribution is 2.33. The summed E-state index contributed by atoms with van der Waals surface area (Å²) < 4.78 is 42.3. The smallest absolute Gasteiger partial charge is 0.387 e. The van der Waals surface area contributed by atoms with Crippen LogP contribution in [0.5, 0.6) is 17.2 Å². The molecule has 1 aromatic heterocycles. The molecule has 0 atom stereocenters. The number of halogens is 2. The zero-order chi connectivity index (χ0) is 24.9. The Hall–Kier alpha value is -3.98. The first-order chi connectivity index (χ1) is 17.6. The molecule has 9 heteroatoms. The Labute approximate surface area is 210 Å². The molecule has 184 valence electrons. The Bertz CT molecular complexity index is 1430. The molecule has 1 aliphatic rings. The maximum Gasteiger partial charge on any atom is 0.387 e. The number of thiazole rings is 1. The van der Waals surface area contributed by atoms with Crippen LogP contribution in [0.15, 0.2) is 88.3 Å². The van der Waals surface area contributed by atoms with Gasteiger partial charge in [-0.3, -0.25) is 4.99 Å². The number of rotatable bonds is 8. The van der Waals surface area contributed by atoms with Gasteiger partial charge in [0.2, 0.25) is 11.6 Å². The first kappa shape index (κ1) is 23.7. The molecule has 36 heavy (non-hydrogen) atoms. The average Bonchev–Trinajstić information content (AvgIpc) is 3.51. The van der Waals surface area contributed by atoms with Gasteiger partial charge < -0.3 is 14.2 Å². The van der Waals surface area contributed by atoms with E-state index in [1.165, 1.54) is 29.0 Å². The fourth-order valence-corrected chi connectivity index (χ4v) is 4.62. The van der Waals surface area contributed by atoms with Crippen molar-refractivity contribution in [3.05, 3.63) is 94.1 Å². The van der Waals surface area contributed by atoms with E-state index in [2.05, 4.69) is 16.9 Å². The van der Waals surface area contributed by atoms with Gasteiger partial charge in [0, 0.05) is 23.1 Å². The minimum atomic E-state index is -2.87. The van der Waals surface area contributed by atoms with Gasteiger partial charge in [-0.1, -0.05) is 30.3 Å². The number of aromatic nitrogens is 1. The lowest BCUT2D eigenvalue weighted by molar-refractivity contribution is -0.0498. The molecule has 0 saturated heterocycles. The molecule has 0 radical (unpaired) electrons. The van der Waals surface area contributed by atoms with E-state index < -0.39 is 6.61 Å². The summed E-state index contributed by atoms with van der Waals surface area (Å²) in [5.41, 5.74) is 4.45. The van der Waals surface area contributed by atoms with E-state index in [-0.39, 0.29) is 12.5 Å². The van der Waals surface area contributed by atoms with E-state index >= 15 is 0 Å². The van der Waals surface area contributed by atoms with Crippen molar-refractivity contribution < 1.29 is 23.0 Å². The van der Waals surface area contributed by atoms with Crippen LogP contribution < -0.4 is 19.0 Å². The minimum absolute atomic E-state index is 0.100. The minimum Gasteiger partial charge on any atom is -0.454 e. The Morgan fingerprint density at radius 2 is 1.81 bits per heavy atom. The number of nitrogens with zero attached hydrogens (tertiary/aromatic N) is 3. The van der Waals surface area contributed by atoms with Gasteiger partial charge in [0.25, 0.3) is 0 Å². The molecule has 0 fully saturated rings. The molecule has 6 nitrogen and oxygen atoms in total. The van der Waals surface area contributed by atoms with Crippen molar-refractivity contribution in [2.45, 2.75) is 20.0 Å². The molecule has 2 heterocycles. The standard InChI is InChI=1S/C27H23F2N3O3S/c1-18(21-9-12-24-25(15-21)34-17-33-24)31-32-23(20-7-10-22(11-8-20)35-26(28)29)16-36-27(32)30-14-13-19-5-3-2-4-6-19/h2-12,15-16,26H,13-14,17H2,1H3/b30-27?,31-18-. The topological polar surface area (TPSA) is 57.3 Å². The van der Waals surface area contributed by atoms with Crippen LogP contribution in [0.2, 0.25) is 0 Å². The van der Waals surface area contributed by atoms with Crippen LogP contribution in [0.3, 0.4) is 0 Å². The van der Waals surface area contributed by atoms with Gasteiger partial charge in [-0.2, -0.15) is 13.9 Å². The fourth-order valence-electron chi connectivity index (χ4n) is 3.76. The summed E-state index contributed by atoms with van der Waals surface area (Å²) in [4.78, 5) is 5.55. The molecule has 1 aliphatic heterocycles. The van der Waals surface area contributed by atoms with Crippen LogP contribution in [0, 0.1) is 0 Å². The Morgan fingerprint density at radius 1 is 1.03 bits per heavy atom. The lowest BCUT2D eigenvalue weighted by Gasteiger charge is -2.08. The van der Waals surface area contributed by atoms with Crippen molar-refractivity contribution in [1.29, 1.82) is 0 Å². The van der Waals surface area contributed by atoms with Gasteiger partial charge in [0.15, 0.2) is 11.5 Å².